The lowest BCUT2D eigenvalue weighted by atomic mass is 10.1. The third kappa shape index (κ3) is 3.46. The lowest BCUT2D eigenvalue weighted by Gasteiger charge is -2.30. The van der Waals surface area contributed by atoms with Crippen LogP contribution in [0, 0.1) is 6.92 Å². The first kappa shape index (κ1) is 14.3. The molecule has 1 aliphatic rings. The van der Waals surface area contributed by atoms with Gasteiger partial charge in [0.15, 0.2) is 0 Å². The predicted molar refractivity (Wildman–Crippen MR) is 76.4 cm³/mol. The molecule has 1 heterocycles. The molecule has 1 aromatic carbocycles. The van der Waals surface area contributed by atoms with Crippen molar-refractivity contribution in [3.05, 3.63) is 23.8 Å². The van der Waals surface area contributed by atoms with Crippen molar-refractivity contribution in [3.63, 3.8) is 0 Å². The number of piperidine rings is 1. The normalized spacial score (nSPS) is 21.5. The number of nitrogen functional groups attached to an aromatic ring is 1. The maximum Gasteiger partial charge on any atom is 0.241 e. The largest absolute Gasteiger partial charge is 0.399 e. The molecule has 0 saturated carbocycles. The summed E-state index contributed by atoms with van der Waals surface area (Å²) in [7, 11) is -1.49. The third-order valence-electron chi connectivity index (χ3n) is 3.45. The van der Waals surface area contributed by atoms with E-state index in [9.17, 15) is 8.42 Å². The summed E-state index contributed by atoms with van der Waals surface area (Å²) in [6.07, 6.45) is 1.89. The van der Waals surface area contributed by atoms with Crippen molar-refractivity contribution in [1.29, 1.82) is 0 Å². The topological polar surface area (TPSA) is 75.4 Å². The highest BCUT2D eigenvalue weighted by atomic mass is 32.2. The van der Waals surface area contributed by atoms with E-state index in [0.717, 1.165) is 25.9 Å². The number of likely N-dealkylation sites (N-methyl/N-ethyl adjacent to an activating group) is 1. The monoisotopic (exact) mass is 283 g/mol. The maximum atomic E-state index is 12.4. The standard InChI is InChI=1S/C13H21N3O2S/c1-10-5-6-11(14)8-13(10)19(17,18)15-12-4-3-7-16(2)9-12/h5-6,8,12,15H,3-4,7,9,14H2,1-2H3. The minimum Gasteiger partial charge on any atom is -0.399 e. The third-order valence-corrected chi connectivity index (χ3v) is 5.11. The van der Waals surface area contributed by atoms with Crippen LogP contribution in [0.25, 0.3) is 0 Å². The van der Waals surface area contributed by atoms with Gasteiger partial charge in [-0.1, -0.05) is 6.07 Å². The van der Waals surface area contributed by atoms with Crippen molar-refractivity contribution < 1.29 is 8.42 Å². The van der Waals surface area contributed by atoms with Crippen LogP contribution in [-0.2, 0) is 10.0 Å². The molecule has 6 heteroatoms. The highest BCUT2D eigenvalue weighted by molar-refractivity contribution is 7.89. The van der Waals surface area contributed by atoms with Crippen LogP contribution in [0.3, 0.4) is 0 Å². The highest BCUT2D eigenvalue weighted by Crippen LogP contribution is 2.19. The summed E-state index contributed by atoms with van der Waals surface area (Å²) in [4.78, 5) is 2.42. The number of sulfonamides is 1. The Hall–Kier alpha value is -1.11. The zero-order valence-electron chi connectivity index (χ0n) is 11.4. The van der Waals surface area contributed by atoms with Crippen molar-refractivity contribution in [1.82, 2.24) is 9.62 Å². The number of rotatable bonds is 3. The molecule has 0 bridgehead atoms. The summed E-state index contributed by atoms with van der Waals surface area (Å²) in [5, 5.41) is 0. The Morgan fingerprint density at radius 3 is 2.84 bits per heavy atom. The predicted octanol–water partition coefficient (Wildman–Crippen LogP) is 0.950. The number of aryl methyl sites for hydroxylation is 1. The first-order chi connectivity index (χ1) is 8.88. The first-order valence-corrected chi connectivity index (χ1v) is 7.94. The van der Waals surface area contributed by atoms with E-state index in [1.807, 2.05) is 7.05 Å². The Morgan fingerprint density at radius 2 is 2.16 bits per heavy atom. The van der Waals surface area contributed by atoms with Gasteiger partial charge < -0.3 is 10.6 Å². The van der Waals surface area contributed by atoms with E-state index >= 15 is 0 Å². The van der Waals surface area contributed by atoms with Gasteiger partial charge in [0.2, 0.25) is 10.0 Å². The number of hydrogen-bond donors (Lipinski definition) is 2. The molecule has 1 aromatic rings. The molecule has 1 saturated heterocycles. The Balaban J connectivity index is 2.20. The van der Waals surface area contributed by atoms with Gasteiger partial charge in [-0.25, -0.2) is 13.1 Å². The molecule has 1 unspecified atom stereocenters. The molecule has 19 heavy (non-hydrogen) atoms. The van der Waals surface area contributed by atoms with Crippen molar-refractivity contribution in [2.75, 3.05) is 25.9 Å². The van der Waals surface area contributed by atoms with Gasteiger partial charge >= 0.3 is 0 Å². The van der Waals surface area contributed by atoms with E-state index in [4.69, 9.17) is 5.73 Å². The molecular weight excluding hydrogens is 262 g/mol. The Morgan fingerprint density at radius 1 is 1.42 bits per heavy atom. The average Bonchev–Trinajstić information content (AvgIpc) is 2.31. The van der Waals surface area contributed by atoms with E-state index < -0.39 is 10.0 Å². The highest BCUT2D eigenvalue weighted by Gasteiger charge is 2.24. The van der Waals surface area contributed by atoms with Crippen LogP contribution in [-0.4, -0.2) is 39.5 Å². The van der Waals surface area contributed by atoms with E-state index in [-0.39, 0.29) is 10.9 Å². The molecule has 0 aliphatic carbocycles. The second-order valence-electron chi connectivity index (χ2n) is 5.25. The minimum absolute atomic E-state index is 0.0235. The summed E-state index contributed by atoms with van der Waals surface area (Å²) in [6, 6.07) is 4.94. The second kappa shape index (κ2) is 5.48. The van der Waals surface area contributed by atoms with Crippen LogP contribution in [0.15, 0.2) is 23.1 Å². The van der Waals surface area contributed by atoms with Gasteiger partial charge in [0.1, 0.15) is 0 Å². The fourth-order valence-electron chi connectivity index (χ4n) is 2.45. The SMILES string of the molecule is Cc1ccc(N)cc1S(=O)(=O)NC1CCCN(C)C1. The van der Waals surface area contributed by atoms with Crippen LogP contribution in [0.4, 0.5) is 5.69 Å². The summed E-state index contributed by atoms with van der Waals surface area (Å²) in [5.41, 5.74) is 6.86. The number of nitrogens with zero attached hydrogens (tertiary/aromatic N) is 1. The molecule has 0 aromatic heterocycles. The fraction of sp³-hybridized carbons (Fsp3) is 0.538. The van der Waals surface area contributed by atoms with E-state index in [1.165, 1.54) is 6.07 Å². The molecule has 3 N–H and O–H groups in total. The second-order valence-corrected chi connectivity index (χ2v) is 6.93. The Kier molecular flexibility index (Phi) is 4.13. The number of likely N-dealkylation sites (tertiary alicyclic amines) is 1. The molecule has 5 nitrogen and oxygen atoms in total. The van der Waals surface area contributed by atoms with Crippen molar-refractivity contribution in [2.45, 2.75) is 30.7 Å². The van der Waals surface area contributed by atoms with Crippen LogP contribution in [0.2, 0.25) is 0 Å². The van der Waals surface area contributed by atoms with Gasteiger partial charge in [0.05, 0.1) is 4.90 Å². The fourth-order valence-corrected chi connectivity index (χ4v) is 3.99. The van der Waals surface area contributed by atoms with Gasteiger partial charge in [-0.05, 0) is 51.1 Å². The number of anilines is 1. The smallest absolute Gasteiger partial charge is 0.241 e. The molecule has 0 amide bonds. The average molecular weight is 283 g/mol. The zero-order chi connectivity index (χ0) is 14.0. The van der Waals surface area contributed by atoms with Crippen LogP contribution < -0.4 is 10.5 Å². The quantitative estimate of drug-likeness (QED) is 0.810. The lowest BCUT2D eigenvalue weighted by Crippen LogP contribution is -2.46. The van der Waals surface area contributed by atoms with Gasteiger partial charge in [-0.15, -0.1) is 0 Å². The summed E-state index contributed by atoms with van der Waals surface area (Å²) < 4.78 is 27.6. The maximum absolute atomic E-state index is 12.4. The van der Waals surface area contributed by atoms with Gasteiger partial charge in [0.25, 0.3) is 0 Å². The number of nitrogens with two attached hydrogens (primary N) is 1. The molecular formula is C13H21N3O2S. The number of nitrogens with one attached hydrogen (secondary N) is 1. The zero-order valence-corrected chi connectivity index (χ0v) is 12.2. The number of benzene rings is 1. The van der Waals surface area contributed by atoms with Gasteiger partial charge in [-0.2, -0.15) is 0 Å². The van der Waals surface area contributed by atoms with Gasteiger partial charge in [0, 0.05) is 18.3 Å². The summed E-state index contributed by atoms with van der Waals surface area (Å²) in [5.74, 6) is 0. The van der Waals surface area contributed by atoms with E-state index in [1.54, 1.807) is 19.1 Å². The van der Waals surface area contributed by atoms with Crippen LogP contribution in [0.5, 0.6) is 0 Å². The Labute approximate surface area is 114 Å². The molecule has 2 rings (SSSR count). The Bertz CT molecular complexity index is 557. The molecule has 0 spiro atoms. The van der Waals surface area contributed by atoms with E-state index in [0.29, 0.717) is 11.3 Å². The summed E-state index contributed by atoms with van der Waals surface area (Å²) in [6.45, 7) is 3.55. The van der Waals surface area contributed by atoms with Crippen molar-refractivity contribution in [2.24, 2.45) is 0 Å². The van der Waals surface area contributed by atoms with E-state index in [2.05, 4.69) is 9.62 Å². The lowest BCUT2D eigenvalue weighted by molar-refractivity contribution is 0.242. The van der Waals surface area contributed by atoms with Crippen LogP contribution in [0.1, 0.15) is 18.4 Å². The molecule has 1 atom stereocenters. The molecule has 1 aliphatic heterocycles. The van der Waals surface area contributed by atoms with Crippen LogP contribution >= 0.6 is 0 Å². The molecule has 106 valence electrons. The minimum atomic E-state index is -3.49. The molecule has 1 fully saturated rings. The first-order valence-electron chi connectivity index (χ1n) is 6.45. The number of hydrogen-bond acceptors (Lipinski definition) is 4. The molecule has 0 radical (unpaired) electrons. The van der Waals surface area contributed by atoms with Gasteiger partial charge in [-0.3, -0.25) is 0 Å². The summed E-state index contributed by atoms with van der Waals surface area (Å²) >= 11 is 0. The van der Waals surface area contributed by atoms with Crippen molar-refractivity contribution >= 4 is 15.7 Å². The van der Waals surface area contributed by atoms with Crippen molar-refractivity contribution in [3.8, 4) is 0 Å².